The zero-order valence-electron chi connectivity index (χ0n) is 13.4. The lowest BCUT2D eigenvalue weighted by Crippen LogP contribution is -2.50. The van der Waals surface area contributed by atoms with Crippen LogP contribution in [0, 0.1) is 5.92 Å². The number of hydrogen-bond acceptors (Lipinski definition) is 5. The van der Waals surface area contributed by atoms with Gasteiger partial charge in [0.25, 0.3) is 0 Å². The molecule has 3 heterocycles. The minimum Gasteiger partial charge on any atom is -0.353 e. The Kier molecular flexibility index (Phi) is 4.65. The highest BCUT2D eigenvalue weighted by Gasteiger charge is 2.36. The van der Waals surface area contributed by atoms with Gasteiger partial charge in [0.15, 0.2) is 9.84 Å². The van der Waals surface area contributed by atoms with Crippen molar-refractivity contribution < 1.29 is 26.4 Å². The summed E-state index contributed by atoms with van der Waals surface area (Å²) in [7, 11) is -3.11. The molecule has 2 aliphatic heterocycles. The second-order valence-corrected chi connectivity index (χ2v) is 8.54. The Bertz CT molecular complexity index is 742. The maximum Gasteiger partial charge on any atom is 0.417 e. The van der Waals surface area contributed by atoms with Crippen molar-refractivity contribution in [3.8, 4) is 0 Å². The lowest BCUT2D eigenvalue weighted by Gasteiger charge is -2.36. The molecule has 0 N–H and O–H groups in total. The van der Waals surface area contributed by atoms with Crippen molar-refractivity contribution in [2.45, 2.75) is 12.6 Å². The van der Waals surface area contributed by atoms with Crippen LogP contribution in [-0.2, 0) is 20.8 Å². The van der Waals surface area contributed by atoms with Gasteiger partial charge in [0.1, 0.15) is 5.82 Å². The molecule has 10 heteroatoms. The second kappa shape index (κ2) is 6.47. The Morgan fingerprint density at radius 3 is 2.32 bits per heavy atom. The fraction of sp³-hybridized carbons (Fsp3) is 0.600. The number of carbonyl (C=O) groups excluding carboxylic acids is 1. The third kappa shape index (κ3) is 4.05. The first-order chi connectivity index (χ1) is 11.7. The van der Waals surface area contributed by atoms with Crippen LogP contribution < -0.4 is 4.90 Å². The molecular formula is C15H18F3N3O3S. The van der Waals surface area contributed by atoms with E-state index in [-0.39, 0.29) is 17.4 Å². The molecule has 0 aliphatic carbocycles. The second-order valence-electron chi connectivity index (χ2n) is 6.32. The summed E-state index contributed by atoms with van der Waals surface area (Å²) < 4.78 is 60.7. The molecule has 138 valence electrons. The molecule has 2 fully saturated rings. The van der Waals surface area contributed by atoms with Gasteiger partial charge >= 0.3 is 6.18 Å². The Morgan fingerprint density at radius 2 is 1.84 bits per heavy atom. The molecule has 25 heavy (non-hydrogen) atoms. The van der Waals surface area contributed by atoms with E-state index in [2.05, 4.69) is 4.98 Å². The first-order valence-electron chi connectivity index (χ1n) is 7.93. The average molecular weight is 377 g/mol. The van der Waals surface area contributed by atoms with E-state index >= 15 is 0 Å². The van der Waals surface area contributed by atoms with Crippen LogP contribution in [0.4, 0.5) is 19.0 Å². The number of amides is 1. The Balaban J connectivity index is 1.58. The summed E-state index contributed by atoms with van der Waals surface area (Å²) in [6.45, 7) is 1.70. The van der Waals surface area contributed by atoms with Gasteiger partial charge in [0.2, 0.25) is 5.91 Å². The van der Waals surface area contributed by atoms with Crippen molar-refractivity contribution in [3.63, 3.8) is 0 Å². The number of pyridine rings is 1. The molecule has 0 aromatic carbocycles. The topological polar surface area (TPSA) is 70.6 Å². The average Bonchev–Trinajstić information content (AvgIpc) is 2.94. The third-order valence-corrected chi connectivity index (χ3v) is 6.34. The molecule has 2 saturated heterocycles. The van der Waals surface area contributed by atoms with Gasteiger partial charge in [-0.1, -0.05) is 0 Å². The van der Waals surface area contributed by atoms with Gasteiger partial charge in [-0.15, -0.1) is 0 Å². The molecule has 0 saturated carbocycles. The molecule has 1 amide bonds. The number of carbonyl (C=O) groups is 1. The highest BCUT2D eigenvalue weighted by molar-refractivity contribution is 7.91. The maximum atomic E-state index is 12.6. The first kappa shape index (κ1) is 18.0. The molecule has 3 rings (SSSR count). The first-order valence-corrected chi connectivity index (χ1v) is 9.75. The zero-order valence-corrected chi connectivity index (χ0v) is 14.2. The molecule has 0 bridgehead atoms. The molecule has 2 aliphatic rings. The van der Waals surface area contributed by atoms with E-state index in [1.165, 1.54) is 6.07 Å². The number of anilines is 1. The summed E-state index contributed by atoms with van der Waals surface area (Å²) in [5.41, 5.74) is -0.799. The van der Waals surface area contributed by atoms with E-state index in [9.17, 15) is 26.4 Å². The van der Waals surface area contributed by atoms with Crippen LogP contribution in [0.25, 0.3) is 0 Å². The third-order valence-electron chi connectivity index (χ3n) is 4.57. The van der Waals surface area contributed by atoms with Gasteiger partial charge in [-0.25, -0.2) is 13.4 Å². The number of aromatic nitrogens is 1. The van der Waals surface area contributed by atoms with Crippen LogP contribution in [0.2, 0.25) is 0 Å². The predicted octanol–water partition coefficient (Wildman–Crippen LogP) is 1.18. The van der Waals surface area contributed by atoms with Crippen molar-refractivity contribution in [2.24, 2.45) is 5.92 Å². The fourth-order valence-corrected chi connectivity index (χ4v) is 4.88. The van der Waals surface area contributed by atoms with Gasteiger partial charge in [0, 0.05) is 32.4 Å². The summed E-state index contributed by atoms with van der Waals surface area (Å²) in [6.07, 6.45) is -3.25. The number of alkyl halides is 3. The highest BCUT2D eigenvalue weighted by atomic mass is 32.2. The number of sulfone groups is 1. The molecule has 6 nitrogen and oxygen atoms in total. The number of hydrogen-bond donors (Lipinski definition) is 0. The Labute approximate surface area is 143 Å². The molecular weight excluding hydrogens is 359 g/mol. The van der Waals surface area contributed by atoms with E-state index < -0.39 is 27.5 Å². The number of nitrogens with zero attached hydrogens (tertiary/aromatic N) is 3. The van der Waals surface area contributed by atoms with Gasteiger partial charge in [-0.05, 0) is 18.6 Å². The summed E-state index contributed by atoms with van der Waals surface area (Å²) in [4.78, 5) is 19.7. The van der Waals surface area contributed by atoms with Crippen LogP contribution in [0.1, 0.15) is 12.0 Å². The molecule has 1 aromatic rings. The minimum absolute atomic E-state index is 0.0544. The van der Waals surface area contributed by atoms with Gasteiger partial charge in [-0.3, -0.25) is 4.79 Å². The summed E-state index contributed by atoms with van der Waals surface area (Å²) in [5, 5.41) is 0. The van der Waals surface area contributed by atoms with Gasteiger partial charge in [0.05, 0.1) is 23.0 Å². The van der Waals surface area contributed by atoms with Crippen LogP contribution in [-0.4, -0.2) is 61.9 Å². The summed E-state index contributed by atoms with van der Waals surface area (Å²) in [6, 6.07) is 2.31. The smallest absolute Gasteiger partial charge is 0.353 e. The fourth-order valence-electron chi connectivity index (χ4n) is 3.14. The van der Waals surface area contributed by atoms with Crippen molar-refractivity contribution in [1.29, 1.82) is 0 Å². The highest BCUT2D eigenvalue weighted by Crippen LogP contribution is 2.29. The molecule has 0 spiro atoms. The zero-order chi connectivity index (χ0) is 18.2. The number of piperazine rings is 1. The normalized spacial score (nSPS) is 23.7. The summed E-state index contributed by atoms with van der Waals surface area (Å²) >= 11 is 0. The van der Waals surface area contributed by atoms with E-state index in [0.29, 0.717) is 38.4 Å². The SMILES string of the molecule is O=C([C@@H]1CCS(=O)(=O)C1)N1CCN(c2ccc(C(F)(F)F)cn2)CC1. The largest absolute Gasteiger partial charge is 0.417 e. The van der Waals surface area contributed by atoms with Gasteiger partial charge in [-0.2, -0.15) is 13.2 Å². The van der Waals surface area contributed by atoms with E-state index in [1.807, 2.05) is 4.90 Å². The van der Waals surface area contributed by atoms with Crippen molar-refractivity contribution in [2.75, 3.05) is 42.6 Å². The van der Waals surface area contributed by atoms with Crippen LogP contribution in [0.5, 0.6) is 0 Å². The lowest BCUT2D eigenvalue weighted by molar-refractivity contribution is -0.138. The van der Waals surface area contributed by atoms with Crippen molar-refractivity contribution in [3.05, 3.63) is 23.9 Å². The van der Waals surface area contributed by atoms with E-state index in [0.717, 1.165) is 12.3 Å². The molecule has 0 unspecified atom stereocenters. The summed E-state index contributed by atoms with van der Waals surface area (Å²) in [5.74, 6) is -0.226. The van der Waals surface area contributed by atoms with E-state index in [1.54, 1.807) is 4.90 Å². The monoisotopic (exact) mass is 377 g/mol. The molecule has 1 atom stereocenters. The maximum absolute atomic E-state index is 12.6. The van der Waals surface area contributed by atoms with Gasteiger partial charge < -0.3 is 9.80 Å². The van der Waals surface area contributed by atoms with Crippen LogP contribution in [0.3, 0.4) is 0 Å². The molecule has 1 aromatic heterocycles. The minimum atomic E-state index is -4.42. The predicted molar refractivity (Wildman–Crippen MR) is 84.8 cm³/mol. The number of halogens is 3. The van der Waals surface area contributed by atoms with E-state index in [4.69, 9.17) is 0 Å². The Morgan fingerprint density at radius 1 is 1.16 bits per heavy atom. The standard InChI is InChI=1S/C15H18F3N3O3S/c16-15(17,18)12-1-2-13(19-9-12)20-4-6-21(7-5-20)14(22)11-3-8-25(23,24)10-11/h1-2,9,11H,3-8,10H2/t11-/m1/s1. The molecule has 0 radical (unpaired) electrons. The number of rotatable bonds is 2. The van der Waals surface area contributed by atoms with Crippen molar-refractivity contribution in [1.82, 2.24) is 9.88 Å². The van der Waals surface area contributed by atoms with Crippen LogP contribution >= 0.6 is 0 Å². The lowest BCUT2D eigenvalue weighted by atomic mass is 10.1. The Hall–Kier alpha value is -1.84. The quantitative estimate of drug-likeness (QED) is 0.774. The van der Waals surface area contributed by atoms with Crippen LogP contribution in [0.15, 0.2) is 18.3 Å². The van der Waals surface area contributed by atoms with Crippen molar-refractivity contribution >= 4 is 21.6 Å².